The van der Waals surface area contributed by atoms with E-state index >= 15 is 0 Å². The normalized spacial score (nSPS) is 11.1. The fourth-order valence-corrected chi connectivity index (χ4v) is 5.24. The second kappa shape index (κ2) is 11.1. The van der Waals surface area contributed by atoms with E-state index in [1.807, 2.05) is 0 Å². The van der Waals surface area contributed by atoms with Gasteiger partial charge in [-0.05, 0) is 17.9 Å². The second-order valence-electron chi connectivity index (χ2n) is 6.45. The van der Waals surface area contributed by atoms with Crippen LogP contribution in [0.2, 0.25) is 0 Å². The molecular formula is C20H28N2O6S2. The van der Waals surface area contributed by atoms with Crippen LogP contribution in [0.25, 0.3) is 0 Å². The van der Waals surface area contributed by atoms with Crippen molar-refractivity contribution in [2.24, 2.45) is 0 Å². The van der Waals surface area contributed by atoms with E-state index in [2.05, 4.69) is 21.7 Å². The second-order valence-corrected chi connectivity index (χ2v) is 9.02. The lowest BCUT2D eigenvalue weighted by Crippen LogP contribution is -2.16. The zero-order valence-electron chi connectivity index (χ0n) is 17.6. The van der Waals surface area contributed by atoms with Gasteiger partial charge in [-0.15, -0.1) is 11.3 Å². The fraction of sp³-hybridized carbons (Fsp3) is 0.450. The van der Waals surface area contributed by atoms with E-state index in [9.17, 15) is 13.2 Å². The summed E-state index contributed by atoms with van der Waals surface area (Å²) in [7, 11) is 0.116. The van der Waals surface area contributed by atoms with Crippen LogP contribution in [-0.4, -0.2) is 42.3 Å². The van der Waals surface area contributed by atoms with E-state index in [0.717, 1.165) is 37.1 Å². The summed E-state index contributed by atoms with van der Waals surface area (Å²) < 4.78 is 43.8. The molecule has 0 saturated heterocycles. The molecule has 0 saturated carbocycles. The molecule has 2 rings (SSSR count). The first-order chi connectivity index (χ1) is 14.4. The third kappa shape index (κ3) is 5.79. The quantitative estimate of drug-likeness (QED) is 0.362. The highest BCUT2D eigenvalue weighted by atomic mass is 32.2. The maximum Gasteiger partial charge on any atom is 0.349 e. The summed E-state index contributed by atoms with van der Waals surface area (Å²) >= 11 is 0.995. The topological polar surface area (TPSA) is 103 Å². The van der Waals surface area contributed by atoms with Gasteiger partial charge >= 0.3 is 5.97 Å². The average Bonchev–Trinajstić information content (AvgIpc) is 3.24. The minimum absolute atomic E-state index is 0.00120. The number of carbonyl (C=O) groups excluding carboxylic acids is 1. The molecular weight excluding hydrogens is 428 g/mol. The molecule has 0 fully saturated rings. The first kappa shape index (κ1) is 23.8. The highest BCUT2D eigenvalue weighted by molar-refractivity contribution is 7.93. The summed E-state index contributed by atoms with van der Waals surface area (Å²) in [5.41, 5.74) is 0.910. The Balaban J connectivity index is 2.29. The average molecular weight is 457 g/mol. The van der Waals surface area contributed by atoms with Gasteiger partial charge in [-0.3, -0.25) is 4.72 Å². The lowest BCUT2D eigenvalue weighted by molar-refractivity contribution is 0.0602. The molecule has 0 spiro atoms. The summed E-state index contributed by atoms with van der Waals surface area (Å²) in [6.07, 6.45) is 4.49. The predicted octanol–water partition coefficient (Wildman–Crippen LogP) is 4.34. The molecule has 0 aliphatic heterocycles. The SMILES string of the molecule is CCCCCCNc1cc(OC)c(NS(=O)(=O)c2ccsc2C(=O)OC)cc1OC. The van der Waals surface area contributed by atoms with E-state index in [-0.39, 0.29) is 15.5 Å². The number of benzene rings is 1. The lowest BCUT2D eigenvalue weighted by atomic mass is 10.2. The maximum atomic E-state index is 12.9. The van der Waals surface area contributed by atoms with E-state index in [0.29, 0.717) is 17.2 Å². The van der Waals surface area contributed by atoms with E-state index in [1.54, 1.807) is 12.1 Å². The minimum atomic E-state index is -4.05. The van der Waals surface area contributed by atoms with Crippen molar-refractivity contribution in [2.75, 3.05) is 37.9 Å². The Morgan fingerprint density at radius 2 is 1.70 bits per heavy atom. The van der Waals surface area contributed by atoms with Crippen LogP contribution in [0, 0.1) is 0 Å². The number of methoxy groups -OCH3 is 3. The summed E-state index contributed by atoms with van der Waals surface area (Å²) in [4.78, 5) is 11.7. The van der Waals surface area contributed by atoms with Crippen LogP contribution in [-0.2, 0) is 14.8 Å². The maximum absolute atomic E-state index is 12.9. The minimum Gasteiger partial charge on any atom is -0.495 e. The van der Waals surface area contributed by atoms with Crippen LogP contribution in [0.4, 0.5) is 11.4 Å². The van der Waals surface area contributed by atoms with Gasteiger partial charge in [0.2, 0.25) is 0 Å². The monoisotopic (exact) mass is 456 g/mol. The largest absolute Gasteiger partial charge is 0.495 e. The number of nitrogens with one attached hydrogen (secondary N) is 2. The molecule has 0 aliphatic rings. The van der Waals surface area contributed by atoms with Crippen LogP contribution in [0.15, 0.2) is 28.5 Å². The molecule has 0 amide bonds. The Labute approximate surface area is 181 Å². The molecule has 10 heteroatoms. The van der Waals surface area contributed by atoms with Gasteiger partial charge < -0.3 is 19.5 Å². The molecule has 1 aromatic heterocycles. The van der Waals surface area contributed by atoms with Crippen molar-refractivity contribution in [3.05, 3.63) is 28.5 Å². The molecule has 0 atom stereocenters. The Kier molecular flexibility index (Phi) is 8.79. The van der Waals surface area contributed by atoms with Gasteiger partial charge in [-0.2, -0.15) is 0 Å². The molecule has 166 valence electrons. The van der Waals surface area contributed by atoms with Crippen molar-refractivity contribution in [1.82, 2.24) is 0 Å². The van der Waals surface area contributed by atoms with Crippen molar-refractivity contribution in [2.45, 2.75) is 37.5 Å². The molecule has 1 heterocycles. The summed E-state index contributed by atoms with van der Waals surface area (Å²) in [6, 6.07) is 4.59. The van der Waals surface area contributed by atoms with Gasteiger partial charge in [0.25, 0.3) is 10.0 Å². The summed E-state index contributed by atoms with van der Waals surface area (Å²) in [6.45, 7) is 2.92. The third-order valence-corrected chi connectivity index (χ3v) is 6.83. The molecule has 2 N–H and O–H groups in total. The lowest BCUT2D eigenvalue weighted by Gasteiger charge is -2.17. The molecule has 0 bridgehead atoms. The number of carbonyl (C=O) groups is 1. The van der Waals surface area contributed by atoms with Crippen molar-refractivity contribution in [3.8, 4) is 11.5 Å². The Bertz CT molecular complexity index is 956. The first-order valence-electron chi connectivity index (χ1n) is 9.56. The standard InChI is InChI=1S/C20H28N2O6S2/c1-5-6-7-8-10-21-14-12-17(27-3)15(13-16(14)26-2)22-30(24,25)18-9-11-29-19(18)20(23)28-4/h9,11-13,21-22H,5-8,10H2,1-4H3. The highest BCUT2D eigenvalue weighted by Gasteiger charge is 2.26. The Hall–Kier alpha value is -2.46. The van der Waals surface area contributed by atoms with Gasteiger partial charge in [0.15, 0.2) is 0 Å². The van der Waals surface area contributed by atoms with Crippen LogP contribution >= 0.6 is 11.3 Å². The number of sulfonamides is 1. The van der Waals surface area contributed by atoms with E-state index in [1.165, 1.54) is 39.2 Å². The number of hydrogen-bond acceptors (Lipinski definition) is 8. The number of ether oxygens (including phenoxy) is 3. The van der Waals surface area contributed by atoms with Crippen LogP contribution < -0.4 is 19.5 Å². The first-order valence-corrected chi connectivity index (χ1v) is 11.9. The zero-order chi connectivity index (χ0) is 22.1. The fourth-order valence-electron chi connectivity index (χ4n) is 2.84. The molecule has 0 radical (unpaired) electrons. The van der Waals surface area contributed by atoms with Crippen molar-refractivity contribution >= 4 is 38.7 Å². The smallest absolute Gasteiger partial charge is 0.349 e. The number of unbranched alkanes of at least 4 members (excludes halogenated alkanes) is 3. The van der Waals surface area contributed by atoms with Gasteiger partial charge in [0.05, 0.1) is 32.7 Å². The van der Waals surface area contributed by atoms with Crippen molar-refractivity contribution in [3.63, 3.8) is 0 Å². The number of esters is 1. The van der Waals surface area contributed by atoms with Gasteiger partial charge in [0, 0.05) is 18.7 Å². The van der Waals surface area contributed by atoms with Crippen LogP contribution in [0.5, 0.6) is 11.5 Å². The third-order valence-electron chi connectivity index (χ3n) is 4.40. The molecule has 0 aliphatic carbocycles. The molecule has 8 nitrogen and oxygen atoms in total. The van der Waals surface area contributed by atoms with Gasteiger partial charge in [-0.25, -0.2) is 13.2 Å². The molecule has 2 aromatic rings. The predicted molar refractivity (Wildman–Crippen MR) is 119 cm³/mol. The molecule has 30 heavy (non-hydrogen) atoms. The van der Waals surface area contributed by atoms with Crippen molar-refractivity contribution < 1.29 is 27.4 Å². The van der Waals surface area contributed by atoms with Gasteiger partial charge in [0.1, 0.15) is 21.3 Å². The van der Waals surface area contributed by atoms with E-state index < -0.39 is 16.0 Å². The van der Waals surface area contributed by atoms with Crippen LogP contribution in [0.3, 0.4) is 0 Å². The number of anilines is 2. The number of rotatable bonds is 12. The summed E-state index contributed by atoms with van der Waals surface area (Å²) in [5, 5.41) is 4.82. The Morgan fingerprint density at radius 1 is 1.03 bits per heavy atom. The van der Waals surface area contributed by atoms with Crippen LogP contribution in [0.1, 0.15) is 42.3 Å². The van der Waals surface area contributed by atoms with E-state index in [4.69, 9.17) is 9.47 Å². The molecule has 0 unspecified atom stereocenters. The molecule has 1 aromatic carbocycles. The number of hydrogen-bond donors (Lipinski definition) is 2. The van der Waals surface area contributed by atoms with Crippen molar-refractivity contribution in [1.29, 1.82) is 0 Å². The highest BCUT2D eigenvalue weighted by Crippen LogP contribution is 2.38. The summed E-state index contributed by atoms with van der Waals surface area (Å²) in [5.74, 6) is 0.0883. The Morgan fingerprint density at radius 3 is 2.33 bits per heavy atom. The number of thiophene rings is 1. The zero-order valence-corrected chi connectivity index (χ0v) is 19.2. The van der Waals surface area contributed by atoms with Gasteiger partial charge in [-0.1, -0.05) is 26.2 Å².